The number of amides is 2. The van der Waals surface area contributed by atoms with Gasteiger partial charge in [-0.2, -0.15) is 0 Å². The van der Waals surface area contributed by atoms with Crippen molar-refractivity contribution < 1.29 is 24.2 Å². The summed E-state index contributed by atoms with van der Waals surface area (Å²) in [4.78, 5) is 36.0. The number of alkyl carbamates (subject to hydrolysis) is 1. The molecular weight excluding hydrogens is 432 g/mol. The molecule has 2 amide bonds. The van der Waals surface area contributed by atoms with Gasteiger partial charge in [-0.25, -0.2) is 4.79 Å². The number of carbonyl (C=O) groups excluding carboxylic acids is 2. The number of carboxylic acids is 1. The van der Waals surface area contributed by atoms with E-state index in [1.807, 2.05) is 38.1 Å². The molecular formula is C27H32N2O5. The monoisotopic (exact) mass is 464 g/mol. The molecule has 2 unspecified atom stereocenters. The molecule has 2 aromatic carbocycles. The van der Waals surface area contributed by atoms with Crippen LogP contribution >= 0.6 is 0 Å². The summed E-state index contributed by atoms with van der Waals surface area (Å²) < 4.78 is 5.58. The van der Waals surface area contributed by atoms with Crippen LogP contribution in [0.4, 0.5) is 4.79 Å². The van der Waals surface area contributed by atoms with Gasteiger partial charge in [0, 0.05) is 24.9 Å². The number of benzene rings is 2. The summed E-state index contributed by atoms with van der Waals surface area (Å²) in [5.41, 5.74) is 4.20. The Bertz CT molecular complexity index is 1030. The second-order valence-electron chi connectivity index (χ2n) is 10.1. The predicted octanol–water partition coefficient (Wildman–Crippen LogP) is 4.31. The maximum Gasteiger partial charge on any atom is 0.407 e. The summed E-state index contributed by atoms with van der Waals surface area (Å²) >= 11 is 0. The van der Waals surface area contributed by atoms with Gasteiger partial charge in [0.25, 0.3) is 0 Å². The SMILES string of the molecule is CC(C)(CNC(=O)OCC1c2ccccc2-c2ccccc21)CC(=O)NC1CCC(C(=O)O)C1. The van der Waals surface area contributed by atoms with Crippen molar-refractivity contribution >= 4 is 18.0 Å². The number of aliphatic carboxylic acids is 1. The fourth-order valence-corrected chi connectivity index (χ4v) is 5.07. The third-order valence-corrected chi connectivity index (χ3v) is 6.84. The lowest BCUT2D eigenvalue weighted by Gasteiger charge is -2.25. The van der Waals surface area contributed by atoms with Crippen LogP contribution in [0.1, 0.15) is 56.6 Å². The van der Waals surface area contributed by atoms with E-state index in [1.54, 1.807) is 0 Å². The highest BCUT2D eigenvalue weighted by Gasteiger charge is 2.32. The van der Waals surface area contributed by atoms with Crippen molar-refractivity contribution in [1.82, 2.24) is 10.6 Å². The number of hydrogen-bond acceptors (Lipinski definition) is 4. The predicted molar refractivity (Wildman–Crippen MR) is 128 cm³/mol. The molecule has 0 bridgehead atoms. The van der Waals surface area contributed by atoms with E-state index in [0.717, 1.165) is 11.1 Å². The summed E-state index contributed by atoms with van der Waals surface area (Å²) in [5, 5.41) is 14.9. The molecule has 1 saturated carbocycles. The minimum Gasteiger partial charge on any atom is -0.481 e. The van der Waals surface area contributed by atoms with Gasteiger partial charge >= 0.3 is 12.1 Å². The Morgan fingerprint density at radius 2 is 1.62 bits per heavy atom. The van der Waals surface area contributed by atoms with E-state index < -0.39 is 17.5 Å². The summed E-state index contributed by atoms with van der Waals surface area (Å²) in [6.45, 7) is 4.35. The van der Waals surface area contributed by atoms with Crippen molar-refractivity contribution in [3.05, 3.63) is 59.7 Å². The summed E-state index contributed by atoms with van der Waals surface area (Å²) in [6, 6.07) is 16.3. The molecule has 4 rings (SSSR count). The second kappa shape index (κ2) is 9.87. The number of ether oxygens (including phenoxy) is 1. The first-order chi connectivity index (χ1) is 16.2. The normalized spacial score (nSPS) is 19.2. The molecule has 2 atom stereocenters. The maximum atomic E-state index is 12.5. The Labute approximate surface area is 199 Å². The molecule has 180 valence electrons. The first-order valence-corrected chi connectivity index (χ1v) is 11.8. The summed E-state index contributed by atoms with van der Waals surface area (Å²) in [5.74, 6) is -1.31. The minimum absolute atomic E-state index is 0.00187. The van der Waals surface area contributed by atoms with Crippen LogP contribution in [0.2, 0.25) is 0 Å². The lowest BCUT2D eigenvalue weighted by molar-refractivity contribution is -0.141. The van der Waals surface area contributed by atoms with E-state index in [2.05, 4.69) is 34.9 Å². The average Bonchev–Trinajstić information content (AvgIpc) is 3.39. The molecule has 0 saturated heterocycles. The first-order valence-electron chi connectivity index (χ1n) is 11.8. The van der Waals surface area contributed by atoms with Gasteiger partial charge in [0.05, 0.1) is 5.92 Å². The number of carbonyl (C=O) groups is 3. The summed E-state index contributed by atoms with van der Waals surface area (Å²) in [7, 11) is 0. The van der Waals surface area contributed by atoms with Crippen LogP contribution in [-0.2, 0) is 14.3 Å². The topological polar surface area (TPSA) is 105 Å². The number of hydrogen-bond donors (Lipinski definition) is 3. The number of rotatable bonds is 8. The standard InChI is InChI=1S/C27H32N2O5/c1-27(2,14-24(30)29-18-12-11-17(13-18)25(31)32)16-28-26(33)34-15-23-21-9-5-3-7-19(21)20-8-4-6-10-22(20)23/h3-10,17-18,23H,11-16H2,1-2H3,(H,28,33)(H,29,30)(H,31,32). The zero-order chi connectivity index (χ0) is 24.3. The van der Waals surface area contributed by atoms with Gasteiger partial charge in [-0.1, -0.05) is 62.4 Å². The van der Waals surface area contributed by atoms with E-state index in [0.29, 0.717) is 25.8 Å². The van der Waals surface area contributed by atoms with Crippen LogP contribution in [-0.4, -0.2) is 42.3 Å². The van der Waals surface area contributed by atoms with E-state index in [9.17, 15) is 14.4 Å². The van der Waals surface area contributed by atoms with Crippen molar-refractivity contribution in [2.45, 2.75) is 51.5 Å². The van der Waals surface area contributed by atoms with Gasteiger partial charge in [-0.05, 0) is 46.9 Å². The quantitative estimate of drug-likeness (QED) is 0.540. The molecule has 2 aromatic rings. The Balaban J connectivity index is 1.25. The minimum atomic E-state index is -0.802. The Morgan fingerprint density at radius 3 is 2.21 bits per heavy atom. The van der Waals surface area contributed by atoms with Gasteiger partial charge in [-0.15, -0.1) is 0 Å². The second-order valence-corrected chi connectivity index (χ2v) is 10.1. The molecule has 0 aliphatic heterocycles. The molecule has 7 heteroatoms. The van der Waals surface area contributed by atoms with Crippen LogP contribution < -0.4 is 10.6 Å². The van der Waals surface area contributed by atoms with E-state index in [1.165, 1.54) is 11.1 Å². The highest BCUT2D eigenvalue weighted by molar-refractivity contribution is 5.79. The molecule has 0 aromatic heterocycles. The van der Waals surface area contributed by atoms with Crippen molar-refractivity contribution in [2.75, 3.05) is 13.2 Å². The zero-order valence-corrected chi connectivity index (χ0v) is 19.7. The van der Waals surface area contributed by atoms with Gasteiger partial charge in [-0.3, -0.25) is 9.59 Å². The van der Waals surface area contributed by atoms with Gasteiger partial charge in [0.15, 0.2) is 0 Å². The van der Waals surface area contributed by atoms with Crippen LogP contribution in [0.5, 0.6) is 0 Å². The molecule has 2 aliphatic carbocycles. The van der Waals surface area contributed by atoms with E-state index >= 15 is 0 Å². The molecule has 0 radical (unpaired) electrons. The molecule has 0 heterocycles. The zero-order valence-electron chi connectivity index (χ0n) is 19.7. The highest BCUT2D eigenvalue weighted by Crippen LogP contribution is 2.44. The van der Waals surface area contributed by atoms with Gasteiger partial charge < -0.3 is 20.5 Å². The molecule has 34 heavy (non-hydrogen) atoms. The van der Waals surface area contributed by atoms with Crippen molar-refractivity contribution in [2.24, 2.45) is 11.3 Å². The van der Waals surface area contributed by atoms with Crippen LogP contribution in [0.3, 0.4) is 0 Å². The van der Waals surface area contributed by atoms with Crippen molar-refractivity contribution in [1.29, 1.82) is 0 Å². The van der Waals surface area contributed by atoms with E-state index in [-0.39, 0.29) is 36.8 Å². The third kappa shape index (κ3) is 5.41. The maximum absolute atomic E-state index is 12.5. The van der Waals surface area contributed by atoms with Crippen molar-refractivity contribution in [3.8, 4) is 11.1 Å². The molecule has 1 fully saturated rings. The average molecular weight is 465 g/mol. The fraction of sp³-hybridized carbons (Fsp3) is 0.444. The van der Waals surface area contributed by atoms with E-state index in [4.69, 9.17) is 9.84 Å². The van der Waals surface area contributed by atoms with Gasteiger partial charge in [0.2, 0.25) is 5.91 Å². The molecule has 0 spiro atoms. The van der Waals surface area contributed by atoms with Crippen LogP contribution in [0.15, 0.2) is 48.5 Å². The Kier molecular flexibility index (Phi) is 6.91. The van der Waals surface area contributed by atoms with Crippen molar-refractivity contribution in [3.63, 3.8) is 0 Å². The largest absolute Gasteiger partial charge is 0.481 e. The number of carboxylic acid groups (broad SMARTS) is 1. The fourth-order valence-electron chi connectivity index (χ4n) is 5.07. The smallest absolute Gasteiger partial charge is 0.407 e. The lowest BCUT2D eigenvalue weighted by atomic mass is 9.89. The van der Waals surface area contributed by atoms with Crippen LogP contribution in [0, 0.1) is 11.3 Å². The van der Waals surface area contributed by atoms with Crippen LogP contribution in [0.25, 0.3) is 11.1 Å². The van der Waals surface area contributed by atoms with Gasteiger partial charge in [0.1, 0.15) is 6.61 Å². The number of fused-ring (bicyclic) bond motifs is 3. The Morgan fingerprint density at radius 1 is 1.00 bits per heavy atom. The Hall–Kier alpha value is -3.35. The highest BCUT2D eigenvalue weighted by atomic mass is 16.5. The number of nitrogens with one attached hydrogen (secondary N) is 2. The summed E-state index contributed by atoms with van der Waals surface area (Å²) in [6.07, 6.45) is 1.47. The lowest BCUT2D eigenvalue weighted by Crippen LogP contribution is -2.40. The molecule has 2 aliphatic rings. The first kappa shape index (κ1) is 23.8. The molecule has 7 nitrogen and oxygen atoms in total. The third-order valence-electron chi connectivity index (χ3n) is 6.84. The molecule has 3 N–H and O–H groups in total.